The Labute approximate surface area is 178 Å². The lowest BCUT2D eigenvalue weighted by atomic mass is 10.1. The van der Waals surface area contributed by atoms with Gasteiger partial charge in [0.25, 0.3) is 0 Å². The molecule has 0 spiro atoms. The van der Waals surface area contributed by atoms with E-state index in [0.29, 0.717) is 19.0 Å². The number of ether oxygens (including phenoxy) is 3. The van der Waals surface area contributed by atoms with Crippen molar-refractivity contribution in [3.63, 3.8) is 0 Å². The predicted molar refractivity (Wildman–Crippen MR) is 114 cm³/mol. The van der Waals surface area contributed by atoms with Gasteiger partial charge in [-0.15, -0.1) is 0 Å². The molecule has 0 saturated heterocycles. The largest absolute Gasteiger partial charge is 0.489 e. The second kappa shape index (κ2) is 11.1. The molecular weight excluding hydrogens is 406 g/mol. The van der Waals surface area contributed by atoms with E-state index in [1.165, 1.54) is 18.4 Å². The van der Waals surface area contributed by atoms with Crippen molar-refractivity contribution >= 4 is 16.0 Å². The van der Waals surface area contributed by atoms with Crippen molar-refractivity contribution in [2.75, 3.05) is 27.3 Å². The van der Waals surface area contributed by atoms with E-state index in [4.69, 9.17) is 14.2 Å². The Bertz CT molecular complexity index is 925. The summed E-state index contributed by atoms with van der Waals surface area (Å²) in [6, 6.07) is 14.0. The minimum Gasteiger partial charge on any atom is -0.489 e. The maximum absolute atomic E-state index is 12.3. The van der Waals surface area contributed by atoms with Gasteiger partial charge in [0.1, 0.15) is 12.4 Å². The van der Waals surface area contributed by atoms with E-state index in [1.807, 2.05) is 25.1 Å². The van der Waals surface area contributed by atoms with E-state index in [0.717, 1.165) is 11.1 Å². The average molecular weight is 436 g/mol. The first-order valence-electron chi connectivity index (χ1n) is 9.79. The van der Waals surface area contributed by atoms with Crippen molar-refractivity contribution < 1.29 is 27.4 Å². The molecule has 1 atom stereocenters. The van der Waals surface area contributed by atoms with Crippen molar-refractivity contribution in [1.82, 2.24) is 4.31 Å². The molecule has 7 nitrogen and oxygen atoms in total. The van der Waals surface area contributed by atoms with Crippen molar-refractivity contribution in [3.8, 4) is 5.75 Å². The van der Waals surface area contributed by atoms with Crippen LogP contribution < -0.4 is 4.74 Å². The van der Waals surface area contributed by atoms with E-state index < -0.39 is 10.0 Å². The fourth-order valence-electron chi connectivity index (χ4n) is 2.80. The standard InChI is InChI=1S/C22H29NO6S/c1-5-27-21(15-22(24)28-6-2)18-10-12-19(13-11-18)29-16-17-8-7-9-20(14-17)30(25,26)23(3)4/h7-14,21H,5-6,15-16H2,1-4H3. The molecule has 0 aliphatic rings. The molecule has 2 rings (SSSR count). The van der Waals surface area contributed by atoms with Crippen molar-refractivity contribution in [2.24, 2.45) is 0 Å². The molecule has 2 aromatic rings. The summed E-state index contributed by atoms with van der Waals surface area (Å²) < 4.78 is 42.2. The number of sulfonamides is 1. The zero-order valence-electron chi connectivity index (χ0n) is 17.8. The Balaban J connectivity index is 2.05. The Morgan fingerprint density at radius 1 is 1.03 bits per heavy atom. The van der Waals surface area contributed by atoms with Crippen molar-refractivity contribution in [3.05, 3.63) is 59.7 Å². The first-order valence-corrected chi connectivity index (χ1v) is 11.2. The van der Waals surface area contributed by atoms with Gasteiger partial charge in [0.2, 0.25) is 10.0 Å². The van der Waals surface area contributed by atoms with Gasteiger partial charge < -0.3 is 14.2 Å². The van der Waals surface area contributed by atoms with Gasteiger partial charge in [-0.3, -0.25) is 4.79 Å². The van der Waals surface area contributed by atoms with Crippen LogP contribution >= 0.6 is 0 Å². The van der Waals surface area contributed by atoms with Crippen LogP contribution in [0.2, 0.25) is 0 Å². The summed E-state index contributed by atoms with van der Waals surface area (Å²) in [5, 5.41) is 0. The van der Waals surface area contributed by atoms with Crippen LogP contribution in [0.1, 0.15) is 37.5 Å². The number of carbonyl (C=O) groups excluding carboxylic acids is 1. The lowest BCUT2D eigenvalue weighted by molar-refractivity contribution is -0.146. The molecule has 8 heteroatoms. The van der Waals surface area contributed by atoms with E-state index in [9.17, 15) is 13.2 Å². The number of hydrogen-bond acceptors (Lipinski definition) is 6. The normalized spacial score (nSPS) is 12.6. The van der Waals surface area contributed by atoms with Gasteiger partial charge in [-0.1, -0.05) is 24.3 Å². The fraction of sp³-hybridized carbons (Fsp3) is 0.409. The van der Waals surface area contributed by atoms with Crippen LogP contribution in [-0.4, -0.2) is 46.0 Å². The van der Waals surface area contributed by atoms with E-state index in [2.05, 4.69) is 0 Å². The molecule has 0 bridgehead atoms. The van der Waals surface area contributed by atoms with E-state index in [-0.39, 0.29) is 30.0 Å². The third-order valence-corrected chi connectivity index (χ3v) is 6.17. The number of rotatable bonds is 11. The van der Waals surface area contributed by atoms with Crippen LogP contribution in [0.25, 0.3) is 0 Å². The van der Waals surface area contributed by atoms with Crippen LogP contribution in [-0.2, 0) is 30.9 Å². The maximum atomic E-state index is 12.3. The van der Waals surface area contributed by atoms with Crippen molar-refractivity contribution in [1.29, 1.82) is 0 Å². The number of hydrogen-bond donors (Lipinski definition) is 0. The Kier molecular flexibility index (Phi) is 8.83. The first kappa shape index (κ1) is 23.9. The van der Waals surface area contributed by atoms with Gasteiger partial charge in [-0.25, -0.2) is 12.7 Å². The second-order valence-corrected chi connectivity index (χ2v) is 8.90. The fourth-order valence-corrected chi connectivity index (χ4v) is 3.77. The zero-order chi connectivity index (χ0) is 22.1. The highest BCUT2D eigenvalue weighted by atomic mass is 32.2. The molecule has 2 aromatic carbocycles. The van der Waals surface area contributed by atoms with Crippen LogP contribution in [0.3, 0.4) is 0 Å². The van der Waals surface area contributed by atoms with Gasteiger partial charge in [0.15, 0.2) is 0 Å². The van der Waals surface area contributed by atoms with Crippen LogP contribution in [0.15, 0.2) is 53.4 Å². The lowest BCUT2D eigenvalue weighted by Gasteiger charge is -2.17. The highest BCUT2D eigenvalue weighted by Crippen LogP contribution is 2.25. The Morgan fingerprint density at radius 3 is 2.33 bits per heavy atom. The smallest absolute Gasteiger partial charge is 0.308 e. The molecule has 0 saturated carbocycles. The molecule has 0 heterocycles. The second-order valence-electron chi connectivity index (χ2n) is 6.75. The predicted octanol–water partition coefficient (Wildman–Crippen LogP) is 3.55. The summed E-state index contributed by atoms with van der Waals surface area (Å²) in [7, 11) is -0.496. The topological polar surface area (TPSA) is 82.1 Å². The molecule has 0 aliphatic carbocycles. The summed E-state index contributed by atoms with van der Waals surface area (Å²) in [4.78, 5) is 12.0. The summed E-state index contributed by atoms with van der Waals surface area (Å²) in [6.45, 7) is 4.69. The monoisotopic (exact) mass is 435 g/mol. The summed E-state index contributed by atoms with van der Waals surface area (Å²) in [5.41, 5.74) is 1.60. The maximum Gasteiger partial charge on any atom is 0.308 e. The third-order valence-electron chi connectivity index (χ3n) is 4.36. The molecule has 0 N–H and O–H groups in total. The highest BCUT2D eigenvalue weighted by molar-refractivity contribution is 7.89. The molecule has 1 unspecified atom stereocenters. The van der Waals surface area contributed by atoms with Gasteiger partial charge in [-0.05, 0) is 49.2 Å². The lowest BCUT2D eigenvalue weighted by Crippen LogP contribution is -2.22. The zero-order valence-corrected chi connectivity index (χ0v) is 18.6. The third kappa shape index (κ3) is 6.55. The molecule has 164 valence electrons. The molecule has 30 heavy (non-hydrogen) atoms. The number of nitrogens with zero attached hydrogens (tertiary/aromatic N) is 1. The molecule has 0 aliphatic heterocycles. The molecule has 0 radical (unpaired) electrons. The quantitative estimate of drug-likeness (QED) is 0.502. The molecule has 0 aromatic heterocycles. The SMILES string of the molecule is CCOC(=O)CC(OCC)c1ccc(OCc2cccc(S(=O)(=O)N(C)C)c2)cc1. The van der Waals surface area contributed by atoms with Crippen LogP contribution in [0, 0.1) is 0 Å². The molecular formula is C22H29NO6S. The summed E-state index contributed by atoms with van der Waals surface area (Å²) in [5.74, 6) is 0.329. The van der Waals surface area contributed by atoms with Gasteiger partial charge in [0.05, 0.1) is 24.0 Å². The van der Waals surface area contributed by atoms with E-state index >= 15 is 0 Å². The first-order chi connectivity index (χ1) is 14.3. The highest BCUT2D eigenvalue weighted by Gasteiger charge is 2.18. The number of esters is 1. The van der Waals surface area contributed by atoms with E-state index in [1.54, 1.807) is 37.3 Å². The van der Waals surface area contributed by atoms with Crippen molar-refractivity contribution in [2.45, 2.75) is 37.9 Å². The average Bonchev–Trinajstić information content (AvgIpc) is 2.72. The Morgan fingerprint density at radius 2 is 1.73 bits per heavy atom. The molecule has 0 amide bonds. The summed E-state index contributed by atoms with van der Waals surface area (Å²) >= 11 is 0. The number of benzene rings is 2. The minimum absolute atomic E-state index is 0.148. The molecule has 0 fully saturated rings. The minimum atomic E-state index is -3.49. The van der Waals surface area contributed by atoms with Crippen LogP contribution in [0.4, 0.5) is 0 Å². The number of carbonyl (C=O) groups is 1. The Hall–Kier alpha value is -2.42. The van der Waals surface area contributed by atoms with Gasteiger partial charge in [0, 0.05) is 20.7 Å². The van der Waals surface area contributed by atoms with Gasteiger partial charge in [-0.2, -0.15) is 0 Å². The van der Waals surface area contributed by atoms with Crippen LogP contribution in [0.5, 0.6) is 5.75 Å². The van der Waals surface area contributed by atoms with Gasteiger partial charge >= 0.3 is 5.97 Å². The summed E-state index contributed by atoms with van der Waals surface area (Å²) in [6.07, 6.45) is -0.231.